The van der Waals surface area contributed by atoms with Crippen LogP contribution < -0.4 is 0 Å². The van der Waals surface area contributed by atoms with Gasteiger partial charge in [0.05, 0.1) is 13.2 Å². The highest BCUT2D eigenvalue weighted by Gasteiger charge is 2.34. The Morgan fingerprint density at radius 1 is 1.46 bits per heavy atom. The molecule has 3 fully saturated rings. The smallest absolute Gasteiger partial charge is 0.149 e. The molecule has 0 aromatic heterocycles. The highest BCUT2D eigenvalue weighted by Crippen LogP contribution is 2.27. The number of fused-ring (bicyclic) bond motifs is 4. The molecule has 0 aromatic carbocycles. The number of ketones is 1. The average Bonchev–Trinajstić information content (AvgIpc) is 2.38. The predicted octanol–water partition coefficient (Wildman–Crippen LogP) is 0.686. The second kappa shape index (κ2) is 3.76. The summed E-state index contributed by atoms with van der Waals surface area (Å²) in [5.74, 6) is 0.808. The number of hydrogen-bond donors (Lipinski definition) is 0. The van der Waals surface area contributed by atoms with Crippen molar-refractivity contribution in [1.82, 2.24) is 4.90 Å². The van der Waals surface area contributed by atoms with Gasteiger partial charge in [0.15, 0.2) is 0 Å². The second-order valence-corrected chi connectivity index (χ2v) is 4.11. The van der Waals surface area contributed by atoms with Gasteiger partial charge in [-0.25, -0.2) is 0 Å². The molecule has 0 N–H and O–H groups in total. The van der Waals surface area contributed by atoms with Crippen LogP contribution in [0.3, 0.4) is 0 Å². The fourth-order valence-corrected chi connectivity index (χ4v) is 2.47. The summed E-state index contributed by atoms with van der Waals surface area (Å²) in [6.07, 6.45) is 3.27. The third-order valence-corrected chi connectivity index (χ3v) is 3.30. The first-order valence-corrected chi connectivity index (χ1v) is 5.07. The summed E-state index contributed by atoms with van der Waals surface area (Å²) in [5.41, 5.74) is 0. The third kappa shape index (κ3) is 1.76. The van der Waals surface area contributed by atoms with Crippen molar-refractivity contribution in [1.29, 1.82) is 0 Å². The van der Waals surface area contributed by atoms with E-state index in [1.165, 1.54) is 0 Å². The molecular weight excluding hydrogens is 166 g/mol. The number of hydrogen-bond acceptors (Lipinski definition) is 3. The normalized spacial score (nSPS) is 39.2. The van der Waals surface area contributed by atoms with Gasteiger partial charge in [-0.05, 0) is 25.8 Å². The van der Waals surface area contributed by atoms with Gasteiger partial charge < -0.3 is 4.74 Å². The Labute approximate surface area is 79.0 Å². The number of Topliss-reactive ketones (excluding diaryl/α,β-unsaturated/α-hetero) is 1. The van der Waals surface area contributed by atoms with E-state index in [0.29, 0.717) is 24.3 Å². The van der Waals surface area contributed by atoms with Crippen LogP contribution in [0.25, 0.3) is 0 Å². The molecule has 0 radical (unpaired) electrons. The van der Waals surface area contributed by atoms with E-state index in [1.807, 2.05) is 0 Å². The number of carbonyl (C=O) groups is 1. The van der Waals surface area contributed by atoms with Gasteiger partial charge in [0.1, 0.15) is 5.78 Å². The van der Waals surface area contributed by atoms with Crippen molar-refractivity contribution in [2.75, 3.05) is 26.8 Å². The van der Waals surface area contributed by atoms with E-state index in [9.17, 15) is 4.79 Å². The van der Waals surface area contributed by atoms with Gasteiger partial charge in [0, 0.05) is 19.1 Å². The first-order chi connectivity index (χ1) is 6.31. The van der Waals surface area contributed by atoms with Gasteiger partial charge in [-0.15, -0.1) is 0 Å². The molecule has 3 unspecified atom stereocenters. The van der Waals surface area contributed by atoms with Crippen molar-refractivity contribution in [3.8, 4) is 0 Å². The maximum Gasteiger partial charge on any atom is 0.149 e. The van der Waals surface area contributed by atoms with Crippen LogP contribution in [0.4, 0.5) is 0 Å². The Kier molecular flexibility index (Phi) is 2.65. The van der Waals surface area contributed by atoms with Crippen molar-refractivity contribution in [3.05, 3.63) is 0 Å². The largest absolute Gasteiger partial charge is 0.383 e. The molecule has 2 bridgehead atoms. The van der Waals surface area contributed by atoms with Gasteiger partial charge in [0.25, 0.3) is 0 Å². The Morgan fingerprint density at radius 2 is 2.31 bits per heavy atom. The summed E-state index contributed by atoms with van der Waals surface area (Å²) in [6, 6.07) is 0.487. The summed E-state index contributed by atoms with van der Waals surface area (Å²) in [7, 11) is 1.74. The second-order valence-electron chi connectivity index (χ2n) is 4.11. The number of piperidine rings is 1. The molecule has 0 saturated carbocycles. The lowest BCUT2D eigenvalue weighted by Gasteiger charge is -2.30. The van der Waals surface area contributed by atoms with E-state index in [2.05, 4.69) is 4.90 Å². The predicted molar refractivity (Wildman–Crippen MR) is 49.6 cm³/mol. The fraction of sp³-hybridized carbons (Fsp3) is 0.900. The zero-order valence-electron chi connectivity index (χ0n) is 8.16. The Bertz CT molecular complexity index is 205. The Hall–Kier alpha value is -0.410. The lowest BCUT2D eigenvalue weighted by molar-refractivity contribution is -0.126. The minimum atomic E-state index is 0.359. The standard InChI is InChI=1S/C10H17NO2/c1-13-7-9-3-2-8-4-5-11(9)6-10(8)12/h8-9H,2-7H2,1H3. The molecule has 0 amide bonds. The molecule has 3 heteroatoms. The van der Waals surface area contributed by atoms with Crippen molar-refractivity contribution >= 4 is 5.78 Å². The Balaban J connectivity index is 2.05. The van der Waals surface area contributed by atoms with Crippen molar-refractivity contribution in [2.24, 2.45) is 5.92 Å². The van der Waals surface area contributed by atoms with Gasteiger partial charge >= 0.3 is 0 Å². The lowest BCUT2D eigenvalue weighted by Crippen LogP contribution is -2.44. The quantitative estimate of drug-likeness (QED) is 0.630. The number of nitrogens with zero attached hydrogens (tertiary/aromatic N) is 1. The zero-order valence-corrected chi connectivity index (χ0v) is 8.16. The van der Waals surface area contributed by atoms with Crippen LogP contribution in [-0.2, 0) is 9.53 Å². The van der Waals surface area contributed by atoms with Crippen LogP contribution in [0.2, 0.25) is 0 Å². The number of rotatable bonds is 2. The first-order valence-electron chi connectivity index (χ1n) is 5.07. The van der Waals surface area contributed by atoms with E-state index >= 15 is 0 Å². The van der Waals surface area contributed by atoms with Crippen LogP contribution in [0, 0.1) is 5.92 Å². The van der Waals surface area contributed by atoms with Crippen molar-refractivity contribution in [2.45, 2.75) is 25.3 Å². The number of ether oxygens (including phenoxy) is 1. The summed E-state index contributed by atoms with van der Waals surface area (Å²) in [6.45, 7) is 2.53. The van der Waals surface area contributed by atoms with Crippen LogP contribution in [0.15, 0.2) is 0 Å². The summed E-state index contributed by atoms with van der Waals surface area (Å²) in [5, 5.41) is 0. The monoisotopic (exact) mass is 183 g/mol. The van der Waals surface area contributed by atoms with Crippen molar-refractivity contribution in [3.63, 3.8) is 0 Å². The molecule has 3 nitrogen and oxygen atoms in total. The van der Waals surface area contributed by atoms with Gasteiger partial charge in [0.2, 0.25) is 0 Å². The number of carbonyl (C=O) groups excluding carboxylic acids is 1. The minimum Gasteiger partial charge on any atom is -0.383 e. The lowest BCUT2D eigenvalue weighted by atomic mass is 9.94. The SMILES string of the molecule is COCC1CCC2CCN1CC2=O. The van der Waals surface area contributed by atoms with Crippen LogP contribution in [-0.4, -0.2) is 43.5 Å². The molecule has 3 rings (SSSR count). The van der Waals surface area contributed by atoms with Gasteiger partial charge in [-0.2, -0.15) is 0 Å². The van der Waals surface area contributed by atoms with Gasteiger partial charge in [-0.3, -0.25) is 9.69 Å². The van der Waals surface area contributed by atoms with E-state index in [-0.39, 0.29) is 0 Å². The maximum absolute atomic E-state index is 11.5. The topological polar surface area (TPSA) is 29.5 Å². The molecule has 3 atom stereocenters. The summed E-state index contributed by atoms with van der Waals surface area (Å²) < 4.78 is 5.17. The van der Waals surface area contributed by atoms with Crippen LogP contribution in [0.5, 0.6) is 0 Å². The molecular formula is C10H17NO2. The maximum atomic E-state index is 11.5. The summed E-state index contributed by atoms with van der Waals surface area (Å²) >= 11 is 0. The first kappa shape index (κ1) is 9.16. The molecule has 0 spiro atoms. The molecule has 3 saturated heterocycles. The molecule has 3 heterocycles. The average molecular weight is 183 g/mol. The van der Waals surface area contributed by atoms with Crippen molar-refractivity contribution < 1.29 is 9.53 Å². The molecule has 3 aliphatic heterocycles. The highest BCUT2D eigenvalue weighted by atomic mass is 16.5. The van der Waals surface area contributed by atoms with E-state index in [1.54, 1.807) is 7.11 Å². The molecule has 0 aliphatic carbocycles. The Morgan fingerprint density at radius 3 is 3.00 bits per heavy atom. The van der Waals surface area contributed by atoms with Gasteiger partial charge in [-0.1, -0.05) is 0 Å². The number of methoxy groups -OCH3 is 1. The molecule has 13 heavy (non-hydrogen) atoms. The van der Waals surface area contributed by atoms with E-state index in [4.69, 9.17) is 4.74 Å². The fourth-order valence-electron chi connectivity index (χ4n) is 2.47. The minimum absolute atomic E-state index is 0.359. The summed E-state index contributed by atoms with van der Waals surface area (Å²) in [4.78, 5) is 13.8. The molecule has 3 aliphatic rings. The molecule has 74 valence electrons. The molecule has 0 aromatic rings. The third-order valence-electron chi connectivity index (χ3n) is 3.30. The van der Waals surface area contributed by atoms with E-state index < -0.39 is 0 Å². The van der Waals surface area contributed by atoms with Crippen LogP contribution in [0.1, 0.15) is 19.3 Å². The highest BCUT2D eigenvalue weighted by molar-refractivity contribution is 5.84. The van der Waals surface area contributed by atoms with Crippen LogP contribution >= 0.6 is 0 Å². The van der Waals surface area contributed by atoms with E-state index in [0.717, 1.165) is 32.4 Å². The zero-order chi connectivity index (χ0) is 9.26.